The summed E-state index contributed by atoms with van der Waals surface area (Å²) in [5.41, 5.74) is -0.101. The van der Waals surface area contributed by atoms with E-state index in [0.717, 1.165) is 31.4 Å². The van der Waals surface area contributed by atoms with Gasteiger partial charge in [0, 0.05) is 6.54 Å². The highest BCUT2D eigenvalue weighted by Gasteiger charge is 2.22. The van der Waals surface area contributed by atoms with Crippen molar-refractivity contribution in [2.24, 2.45) is 11.1 Å². The van der Waals surface area contributed by atoms with Crippen LogP contribution in [0.3, 0.4) is 0 Å². The first kappa shape index (κ1) is 15.2. The molecule has 1 aromatic carbocycles. The van der Waals surface area contributed by atoms with E-state index in [0.29, 0.717) is 12.5 Å². The Morgan fingerprint density at radius 1 is 1.45 bits per heavy atom. The minimum Gasteiger partial charge on any atom is -0.352 e. The average Bonchev–Trinajstić information content (AvgIpc) is 2.24. The maximum atomic E-state index is 13.5. The fraction of sp³-hybridized carbons (Fsp3) is 0.417. The monoisotopic (exact) mass is 320 g/mol. The largest absolute Gasteiger partial charge is 0.352 e. The molecule has 0 aliphatic heterocycles. The molecule has 0 unspecified atom stereocenters. The molecule has 0 saturated heterocycles. The van der Waals surface area contributed by atoms with Gasteiger partial charge in [-0.25, -0.2) is 17.9 Å². The van der Waals surface area contributed by atoms with E-state index < -0.39 is 26.6 Å². The van der Waals surface area contributed by atoms with E-state index in [1.54, 1.807) is 0 Å². The summed E-state index contributed by atoms with van der Waals surface area (Å²) in [5.74, 6) is -1.17. The van der Waals surface area contributed by atoms with Crippen LogP contribution in [0.4, 0.5) is 4.39 Å². The van der Waals surface area contributed by atoms with Crippen molar-refractivity contribution in [1.82, 2.24) is 5.32 Å². The lowest BCUT2D eigenvalue weighted by Gasteiger charge is -2.25. The molecule has 0 spiro atoms. The summed E-state index contributed by atoms with van der Waals surface area (Å²) in [6.45, 7) is 0.497. The molecule has 0 atom stereocenters. The van der Waals surface area contributed by atoms with Gasteiger partial charge in [0.1, 0.15) is 10.7 Å². The van der Waals surface area contributed by atoms with Gasteiger partial charge in [-0.1, -0.05) is 18.0 Å². The van der Waals surface area contributed by atoms with Crippen LogP contribution in [0.5, 0.6) is 0 Å². The molecule has 1 saturated carbocycles. The summed E-state index contributed by atoms with van der Waals surface area (Å²) < 4.78 is 35.9. The van der Waals surface area contributed by atoms with Crippen LogP contribution in [0, 0.1) is 11.7 Å². The number of carbonyl (C=O) groups excluding carboxylic acids is 1. The van der Waals surface area contributed by atoms with Gasteiger partial charge in [-0.3, -0.25) is 4.79 Å². The Morgan fingerprint density at radius 2 is 2.10 bits per heavy atom. The van der Waals surface area contributed by atoms with Gasteiger partial charge in [0.05, 0.1) is 10.6 Å². The third kappa shape index (κ3) is 3.28. The molecule has 8 heteroatoms. The van der Waals surface area contributed by atoms with Crippen LogP contribution in [0.1, 0.15) is 29.6 Å². The first-order chi connectivity index (χ1) is 9.29. The van der Waals surface area contributed by atoms with E-state index in [9.17, 15) is 17.6 Å². The molecule has 20 heavy (non-hydrogen) atoms. The summed E-state index contributed by atoms with van der Waals surface area (Å²) in [7, 11) is -4.24. The van der Waals surface area contributed by atoms with Crippen LogP contribution in [-0.2, 0) is 10.0 Å². The second-order valence-corrected chi connectivity index (χ2v) is 6.75. The Morgan fingerprint density at radius 3 is 2.60 bits per heavy atom. The summed E-state index contributed by atoms with van der Waals surface area (Å²) in [6, 6.07) is 1.64. The van der Waals surface area contributed by atoms with Crippen molar-refractivity contribution in [3.8, 4) is 0 Å². The first-order valence-electron chi connectivity index (χ1n) is 6.09. The highest BCUT2D eigenvalue weighted by atomic mass is 35.5. The summed E-state index contributed by atoms with van der Waals surface area (Å²) in [5, 5.41) is 7.39. The van der Waals surface area contributed by atoms with Gasteiger partial charge >= 0.3 is 0 Å². The molecule has 1 aromatic rings. The van der Waals surface area contributed by atoms with Gasteiger partial charge in [-0.15, -0.1) is 0 Å². The van der Waals surface area contributed by atoms with Crippen LogP contribution in [0.25, 0.3) is 0 Å². The lowest BCUT2D eigenvalue weighted by Crippen LogP contribution is -2.32. The van der Waals surface area contributed by atoms with Gasteiger partial charge in [0.25, 0.3) is 5.91 Å². The van der Waals surface area contributed by atoms with Crippen molar-refractivity contribution >= 4 is 27.5 Å². The molecule has 5 nitrogen and oxygen atoms in total. The molecule has 1 aliphatic carbocycles. The Balaban J connectivity index is 2.23. The van der Waals surface area contributed by atoms with E-state index in [-0.39, 0.29) is 10.6 Å². The molecule has 1 aliphatic rings. The normalized spacial score (nSPS) is 15.8. The summed E-state index contributed by atoms with van der Waals surface area (Å²) in [6.07, 6.45) is 3.26. The minimum absolute atomic E-state index is 0.101. The van der Waals surface area contributed by atoms with Gasteiger partial charge in [-0.2, -0.15) is 0 Å². The molecule has 110 valence electrons. The van der Waals surface area contributed by atoms with Crippen LogP contribution in [-0.4, -0.2) is 20.9 Å². The van der Waals surface area contributed by atoms with Gasteiger partial charge in [-0.05, 0) is 30.9 Å². The summed E-state index contributed by atoms with van der Waals surface area (Å²) in [4.78, 5) is 11.2. The van der Waals surface area contributed by atoms with Gasteiger partial charge in [0.2, 0.25) is 10.0 Å². The van der Waals surface area contributed by atoms with Crippen molar-refractivity contribution in [3.05, 3.63) is 28.5 Å². The van der Waals surface area contributed by atoms with Crippen molar-refractivity contribution in [3.63, 3.8) is 0 Å². The minimum atomic E-state index is -4.24. The zero-order valence-electron chi connectivity index (χ0n) is 10.5. The molecule has 3 N–H and O–H groups in total. The van der Waals surface area contributed by atoms with Crippen molar-refractivity contribution in [2.45, 2.75) is 24.2 Å². The molecule has 0 heterocycles. The molecule has 0 aromatic heterocycles. The number of hydrogen-bond donors (Lipinski definition) is 2. The number of benzene rings is 1. The number of rotatable bonds is 4. The zero-order chi connectivity index (χ0) is 14.9. The molecular weight excluding hydrogens is 307 g/mol. The van der Waals surface area contributed by atoms with Crippen LogP contribution in [0.2, 0.25) is 5.02 Å². The number of carbonyl (C=O) groups is 1. The molecule has 0 bridgehead atoms. The predicted molar refractivity (Wildman–Crippen MR) is 72.5 cm³/mol. The number of hydrogen-bond acceptors (Lipinski definition) is 3. The van der Waals surface area contributed by atoms with Crippen LogP contribution < -0.4 is 10.5 Å². The van der Waals surface area contributed by atoms with Gasteiger partial charge in [0.15, 0.2) is 0 Å². The first-order valence-corrected chi connectivity index (χ1v) is 8.01. The lowest BCUT2D eigenvalue weighted by molar-refractivity contribution is 0.0939. The van der Waals surface area contributed by atoms with Crippen LogP contribution >= 0.6 is 11.6 Å². The lowest BCUT2D eigenvalue weighted by atomic mass is 9.85. The molecule has 1 amide bonds. The zero-order valence-corrected chi connectivity index (χ0v) is 12.1. The van der Waals surface area contributed by atoms with E-state index in [1.807, 2.05) is 0 Å². The third-order valence-corrected chi connectivity index (χ3v) is 4.59. The fourth-order valence-electron chi connectivity index (χ4n) is 1.95. The Kier molecular flexibility index (Phi) is 4.31. The maximum Gasteiger partial charge on any atom is 0.252 e. The number of nitrogens with two attached hydrogens (primary N) is 1. The Labute approximate surface area is 121 Å². The standard InChI is InChI=1S/C12H14ClFN2O3S/c13-9-5-10(14)11(20(15,18)19)4-8(9)12(17)16-6-7-2-1-3-7/h4-5,7H,1-3,6H2,(H,16,17)(H2,15,18,19). The van der Waals surface area contributed by atoms with Crippen molar-refractivity contribution < 1.29 is 17.6 Å². The van der Waals surface area contributed by atoms with Crippen molar-refractivity contribution in [1.29, 1.82) is 0 Å². The molecule has 1 fully saturated rings. The van der Waals surface area contributed by atoms with E-state index in [4.69, 9.17) is 16.7 Å². The van der Waals surface area contributed by atoms with E-state index in [1.165, 1.54) is 0 Å². The van der Waals surface area contributed by atoms with Gasteiger partial charge < -0.3 is 5.32 Å². The average molecular weight is 321 g/mol. The number of sulfonamides is 1. The smallest absolute Gasteiger partial charge is 0.252 e. The number of nitrogens with one attached hydrogen (secondary N) is 1. The highest BCUT2D eigenvalue weighted by molar-refractivity contribution is 7.89. The van der Waals surface area contributed by atoms with Crippen LogP contribution in [0.15, 0.2) is 17.0 Å². The van der Waals surface area contributed by atoms with E-state index >= 15 is 0 Å². The van der Waals surface area contributed by atoms with E-state index in [2.05, 4.69) is 5.32 Å². The topological polar surface area (TPSA) is 89.3 Å². The Bertz CT molecular complexity index is 644. The predicted octanol–water partition coefficient (Wildman–Crippen LogP) is 1.66. The maximum absolute atomic E-state index is 13.5. The second-order valence-electron chi connectivity index (χ2n) is 4.81. The quantitative estimate of drug-likeness (QED) is 0.884. The third-order valence-electron chi connectivity index (χ3n) is 3.35. The Hall–Kier alpha value is -1.18. The molecule has 2 rings (SSSR count). The van der Waals surface area contributed by atoms with Crippen molar-refractivity contribution in [2.75, 3.05) is 6.54 Å². The second kappa shape index (κ2) is 5.67. The number of primary sulfonamides is 1. The molecular formula is C12H14ClFN2O3S. The SMILES string of the molecule is NS(=O)(=O)c1cc(C(=O)NCC2CCC2)c(Cl)cc1F. The molecule has 0 radical (unpaired) electrons. The summed E-state index contributed by atoms with van der Waals surface area (Å²) >= 11 is 5.77. The number of amides is 1. The number of halogens is 2. The fourth-order valence-corrected chi connectivity index (χ4v) is 2.80. The highest BCUT2D eigenvalue weighted by Crippen LogP contribution is 2.26.